The number of likely N-dealkylation sites (tertiary alicyclic amines) is 1. The van der Waals surface area contributed by atoms with E-state index in [1.54, 1.807) is 12.0 Å². The molecule has 0 saturated carbocycles. The zero-order chi connectivity index (χ0) is 27.0. The molecule has 0 bridgehead atoms. The lowest BCUT2D eigenvalue weighted by molar-refractivity contribution is -0.155. The quantitative estimate of drug-likeness (QED) is 0.341. The van der Waals surface area contributed by atoms with Crippen LogP contribution in [0.25, 0.3) is 0 Å². The zero-order valence-electron chi connectivity index (χ0n) is 22.4. The van der Waals surface area contributed by atoms with Gasteiger partial charge in [0.2, 0.25) is 11.8 Å². The van der Waals surface area contributed by atoms with E-state index in [1.165, 1.54) is 12.7 Å². The van der Waals surface area contributed by atoms with E-state index in [1.807, 2.05) is 48.5 Å². The summed E-state index contributed by atoms with van der Waals surface area (Å²) in [4.78, 5) is 42.0. The second-order valence-corrected chi connectivity index (χ2v) is 10.1. The summed E-state index contributed by atoms with van der Waals surface area (Å²) in [5.41, 5.74) is 1.74. The second kappa shape index (κ2) is 12.8. The molecule has 2 aromatic carbocycles. The molecule has 0 radical (unpaired) electrons. The van der Waals surface area contributed by atoms with Crippen LogP contribution in [0.4, 0.5) is 0 Å². The number of unbranched alkanes of at least 4 members (excludes halogenated alkanes) is 1. The van der Waals surface area contributed by atoms with E-state index in [2.05, 4.69) is 17.4 Å². The second-order valence-electron chi connectivity index (χ2n) is 10.1. The number of hydrogen-bond acceptors (Lipinski definition) is 5. The molecule has 4 rings (SSSR count). The molecule has 1 N–H and O–H groups in total. The molecule has 2 amide bonds. The van der Waals surface area contributed by atoms with Gasteiger partial charge in [0, 0.05) is 18.7 Å². The molecule has 7 nitrogen and oxygen atoms in total. The first-order valence-electron chi connectivity index (χ1n) is 13.5. The van der Waals surface area contributed by atoms with E-state index >= 15 is 0 Å². The number of aryl methyl sites for hydroxylation is 1. The summed E-state index contributed by atoms with van der Waals surface area (Å²) in [6, 6.07) is 17.8. The van der Waals surface area contributed by atoms with Crippen LogP contribution in [0.15, 0.2) is 66.4 Å². The van der Waals surface area contributed by atoms with Crippen LogP contribution in [0.2, 0.25) is 0 Å². The third kappa shape index (κ3) is 5.93. The molecule has 2 aliphatic rings. The first-order chi connectivity index (χ1) is 18.5. The summed E-state index contributed by atoms with van der Waals surface area (Å²) >= 11 is 0. The van der Waals surface area contributed by atoms with Gasteiger partial charge in [-0.2, -0.15) is 0 Å². The average molecular weight is 519 g/mol. The van der Waals surface area contributed by atoms with Crippen LogP contribution in [0.5, 0.6) is 5.75 Å². The Balaban J connectivity index is 1.48. The lowest BCUT2D eigenvalue weighted by Gasteiger charge is -2.31. The highest BCUT2D eigenvalue weighted by molar-refractivity contribution is 5.98. The van der Waals surface area contributed by atoms with Crippen molar-refractivity contribution in [3.63, 3.8) is 0 Å². The van der Waals surface area contributed by atoms with Crippen LogP contribution in [-0.4, -0.2) is 43.4 Å². The summed E-state index contributed by atoms with van der Waals surface area (Å²) in [7, 11) is 2.97. The van der Waals surface area contributed by atoms with Crippen molar-refractivity contribution in [1.29, 1.82) is 0 Å². The number of benzene rings is 2. The number of hydrogen-bond donors (Lipinski definition) is 1. The van der Waals surface area contributed by atoms with Gasteiger partial charge in [0.1, 0.15) is 11.2 Å². The number of nitrogens with zero attached hydrogens (tertiary/aromatic N) is 1. The molecule has 38 heavy (non-hydrogen) atoms. The average Bonchev–Trinajstić information content (AvgIpc) is 3.07. The zero-order valence-corrected chi connectivity index (χ0v) is 22.4. The van der Waals surface area contributed by atoms with Crippen LogP contribution in [0, 0.1) is 11.3 Å². The largest absolute Gasteiger partial charge is 0.497 e. The van der Waals surface area contributed by atoms with Gasteiger partial charge in [-0.05, 0) is 61.8 Å². The molecule has 1 aliphatic heterocycles. The standard InChI is InChI=1S/C31H38N2O5/c1-37-25-17-15-24(16-18-25)22-33-27-14-7-4-9-19-31(27,30(36)38-2)26(29(33)35)21-28(34)32-20-10-8-13-23-11-5-3-6-12-23/h3,5-6,11-12,14-18,26H,4,7-10,13,19-22H2,1-2H3,(H,32,34)/t26-,31-/m0/s1. The smallest absolute Gasteiger partial charge is 0.318 e. The Bertz CT molecular complexity index is 1140. The molecule has 1 saturated heterocycles. The summed E-state index contributed by atoms with van der Waals surface area (Å²) in [6.45, 7) is 0.862. The van der Waals surface area contributed by atoms with Crippen molar-refractivity contribution in [2.45, 2.75) is 57.9 Å². The van der Waals surface area contributed by atoms with Crippen LogP contribution in [0.3, 0.4) is 0 Å². The van der Waals surface area contributed by atoms with Crippen LogP contribution in [-0.2, 0) is 32.1 Å². The van der Waals surface area contributed by atoms with E-state index in [4.69, 9.17) is 9.47 Å². The lowest BCUT2D eigenvalue weighted by Crippen LogP contribution is -2.41. The maximum Gasteiger partial charge on any atom is 0.318 e. The molecule has 202 valence electrons. The summed E-state index contributed by atoms with van der Waals surface area (Å²) in [6.07, 6.45) is 7.71. The maximum absolute atomic E-state index is 13.9. The van der Waals surface area contributed by atoms with Crippen molar-refractivity contribution < 1.29 is 23.9 Å². The molecule has 1 heterocycles. The predicted molar refractivity (Wildman–Crippen MR) is 145 cm³/mol. The molecule has 0 aromatic heterocycles. The molecule has 2 aromatic rings. The molecule has 2 atom stereocenters. The van der Waals surface area contributed by atoms with Crippen molar-refractivity contribution in [1.82, 2.24) is 10.2 Å². The Morgan fingerprint density at radius 3 is 2.47 bits per heavy atom. The highest BCUT2D eigenvalue weighted by Gasteiger charge is 2.61. The van der Waals surface area contributed by atoms with Crippen molar-refractivity contribution in [2.24, 2.45) is 11.3 Å². The highest BCUT2D eigenvalue weighted by Crippen LogP contribution is 2.53. The number of carbonyl (C=O) groups excluding carboxylic acids is 3. The Morgan fingerprint density at radius 1 is 1.00 bits per heavy atom. The van der Waals surface area contributed by atoms with Gasteiger partial charge >= 0.3 is 5.97 Å². The van der Waals surface area contributed by atoms with Gasteiger partial charge in [-0.1, -0.05) is 55.0 Å². The van der Waals surface area contributed by atoms with E-state index in [9.17, 15) is 14.4 Å². The van der Waals surface area contributed by atoms with Gasteiger partial charge in [-0.3, -0.25) is 14.4 Å². The van der Waals surface area contributed by atoms with Gasteiger partial charge in [-0.25, -0.2) is 0 Å². The Labute approximate surface area is 225 Å². The molecule has 7 heteroatoms. The number of methoxy groups -OCH3 is 2. The number of esters is 1. The summed E-state index contributed by atoms with van der Waals surface area (Å²) in [5.74, 6) is -0.893. The number of rotatable bonds is 11. The molecular formula is C31H38N2O5. The fourth-order valence-corrected chi connectivity index (χ4v) is 5.77. The van der Waals surface area contributed by atoms with Crippen LogP contribution in [0.1, 0.15) is 56.1 Å². The van der Waals surface area contributed by atoms with Crippen molar-refractivity contribution in [2.75, 3.05) is 20.8 Å². The highest BCUT2D eigenvalue weighted by atomic mass is 16.5. The molecule has 0 unspecified atom stereocenters. The van der Waals surface area contributed by atoms with Crippen molar-refractivity contribution in [3.05, 3.63) is 77.5 Å². The number of fused-ring (bicyclic) bond motifs is 1. The fraction of sp³-hybridized carbons (Fsp3) is 0.452. The molecule has 1 fully saturated rings. The Kier molecular flexibility index (Phi) is 9.21. The first-order valence-corrected chi connectivity index (χ1v) is 13.5. The predicted octanol–water partition coefficient (Wildman–Crippen LogP) is 4.80. The summed E-state index contributed by atoms with van der Waals surface area (Å²) < 4.78 is 10.5. The number of allylic oxidation sites excluding steroid dienone is 1. The van der Waals surface area contributed by atoms with Gasteiger partial charge in [0.15, 0.2) is 0 Å². The van der Waals surface area contributed by atoms with Crippen molar-refractivity contribution in [3.8, 4) is 5.75 Å². The van der Waals surface area contributed by atoms with E-state index < -0.39 is 17.3 Å². The minimum Gasteiger partial charge on any atom is -0.497 e. The topological polar surface area (TPSA) is 84.9 Å². The maximum atomic E-state index is 13.9. The summed E-state index contributed by atoms with van der Waals surface area (Å²) in [5, 5.41) is 2.98. The monoisotopic (exact) mass is 518 g/mol. The van der Waals surface area contributed by atoms with Crippen molar-refractivity contribution >= 4 is 17.8 Å². The van der Waals surface area contributed by atoms with Crippen LogP contribution < -0.4 is 10.1 Å². The van der Waals surface area contributed by atoms with Gasteiger partial charge in [0.25, 0.3) is 0 Å². The minimum absolute atomic E-state index is 0.0386. The van der Waals surface area contributed by atoms with E-state index in [-0.39, 0.29) is 18.2 Å². The minimum atomic E-state index is -1.14. The third-order valence-corrected chi connectivity index (χ3v) is 7.77. The first kappa shape index (κ1) is 27.4. The number of nitrogens with one attached hydrogen (secondary N) is 1. The lowest BCUT2D eigenvalue weighted by atomic mass is 9.71. The SMILES string of the molecule is COC(=O)[C@]12CCCCC=C1N(Cc1ccc(OC)cc1)C(=O)[C@@H]2CC(=O)NCCCCc1ccccc1. The number of ether oxygens (including phenoxy) is 2. The molecule has 1 aliphatic carbocycles. The van der Waals surface area contributed by atoms with Gasteiger partial charge in [-0.15, -0.1) is 0 Å². The Hall–Kier alpha value is -3.61. The Morgan fingerprint density at radius 2 is 1.76 bits per heavy atom. The fourth-order valence-electron chi connectivity index (χ4n) is 5.77. The van der Waals surface area contributed by atoms with Crippen LogP contribution >= 0.6 is 0 Å². The van der Waals surface area contributed by atoms with E-state index in [0.717, 1.165) is 49.8 Å². The number of carbonyl (C=O) groups is 3. The molecule has 0 spiro atoms. The van der Waals surface area contributed by atoms with Gasteiger partial charge in [0.05, 0.1) is 26.7 Å². The third-order valence-electron chi connectivity index (χ3n) is 7.77. The molecular weight excluding hydrogens is 480 g/mol. The van der Waals surface area contributed by atoms with E-state index in [0.29, 0.717) is 25.2 Å². The van der Waals surface area contributed by atoms with Gasteiger partial charge < -0.3 is 19.7 Å². The normalized spacial score (nSPS) is 20.8. The number of amides is 2.